The molecule has 0 heterocycles. The molecule has 2 aliphatic rings. The number of aliphatic hydroxyl groups is 2. The van der Waals surface area contributed by atoms with E-state index in [0.717, 1.165) is 0 Å². The summed E-state index contributed by atoms with van der Waals surface area (Å²) in [7, 11) is 0. The second kappa shape index (κ2) is 1.71. The minimum atomic E-state index is -1.17. The zero-order chi connectivity index (χ0) is 7.19. The molecular weight excluding hydrogens is 128 g/mol. The van der Waals surface area contributed by atoms with Gasteiger partial charge in [0.1, 0.15) is 0 Å². The van der Waals surface area contributed by atoms with E-state index in [1.807, 2.05) is 12.2 Å². The molecule has 0 aromatic heterocycles. The van der Waals surface area contributed by atoms with Crippen molar-refractivity contribution in [2.45, 2.75) is 12.7 Å². The Morgan fingerprint density at radius 2 is 1.90 bits per heavy atom. The zero-order valence-corrected chi connectivity index (χ0v) is 5.57. The van der Waals surface area contributed by atoms with Gasteiger partial charge in [-0.1, -0.05) is 24.3 Å². The minimum Gasteiger partial charge on any atom is -0.368 e. The van der Waals surface area contributed by atoms with E-state index < -0.39 is 6.29 Å². The molecule has 0 amide bonds. The van der Waals surface area contributed by atoms with E-state index in [4.69, 9.17) is 10.2 Å². The largest absolute Gasteiger partial charge is 0.368 e. The minimum absolute atomic E-state index is 0.0220. The fourth-order valence-corrected chi connectivity index (χ4v) is 1.33. The third-order valence-corrected chi connectivity index (χ3v) is 2.14. The summed E-state index contributed by atoms with van der Waals surface area (Å²) in [6.45, 7) is 0. The van der Waals surface area contributed by atoms with Gasteiger partial charge >= 0.3 is 0 Å². The van der Waals surface area contributed by atoms with Crippen molar-refractivity contribution >= 4 is 0 Å². The smallest absolute Gasteiger partial charge is 0.152 e. The average Bonchev–Trinajstić information content (AvgIpc) is 2.55. The maximum atomic E-state index is 8.69. The molecule has 0 aromatic rings. The SMILES string of the molecule is OC(O)CC1(C2C=C2)C=C1. The Balaban J connectivity index is 1.90. The summed E-state index contributed by atoms with van der Waals surface area (Å²) in [5.74, 6) is 0.481. The van der Waals surface area contributed by atoms with Gasteiger partial charge < -0.3 is 10.2 Å². The molecule has 0 saturated carbocycles. The van der Waals surface area contributed by atoms with Gasteiger partial charge in [-0.25, -0.2) is 0 Å². The van der Waals surface area contributed by atoms with Crippen LogP contribution in [0.5, 0.6) is 0 Å². The molecule has 54 valence electrons. The van der Waals surface area contributed by atoms with Gasteiger partial charge in [-0.2, -0.15) is 0 Å². The van der Waals surface area contributed by atoms with Crippen LogP contribution in [0.3, 0.4) is 0 Å². The van der Waals surface area contributed by atoms with E-state index in [0.29, 0.717) is 12.3 Å². The lowest BCUT2D eigenvalue weighted by atomic mass is 9.92. The van der Waals surface area contributed by atoms with Crippen LogP contribution < -0.4 is 0 Å². The normalized spacial score (nSPS) is 25.9. The Bertz CT molecular complexity index is 191. The van der Waals surface area contributed by atoms with Crippen LogP contribution in [0.4, 0.5) is 0 Å². The molecule has 0 spiro atoms. The number of aliphatic hydroxyl groups excluding tert-OH is 1. The summed E-state index contributed by atoms with van der Waals surface area (Å²) < 4.78 is 0. The van der Waals surface area contributed by atoms with Gasteiger partial charge in [0.15, 0.2) is 6.29 Å². The molecule has 0 bridgehead atoms. The molecule has 0 unspecified atom stereocenters. The molecule has 0 fully saturated rings. The number of rotatable bonds is 3. The lowest BCUT2D eigenvalue weighted by Gasteiger charge is -2.15. The maximum absolute atomic E-state index is 8.69. The second-order valence-corrected chi connectivity index (χ2v) is 3.04. The summed E-state index contributed by atoms with van der Waals surface area (Å²) in [4.78, 5) is 0. The molecule has 0 aromatic carbocycles. The summed E-state index contributed by atoms with van der Waals surface area (Å²) >= 11 is 0. The van der Waals surface area contributed by atoms with Crippen LogP contribution in [0, 0.1) is 11.3 Å². The Labute approximate surface area is 59.5 Å². The predicted molar refractivity (Wildman–Crippen MR) is 37.0 cm³/mol. The Hall–Kier alpha value is -0.600. The molecule has 2 heteroatoms. The Morgan fingerprint density at radius 3 is 2.20 bits per heavy atom. The van der Waals surface area contributed by atoms with Crippen LogP contribution in [0.1, 0.15) is 6.42 Å². The van der Waals surface area contributed by atoms with E-state index in [1.165, 1.54) is 0 Å². The van der Waals surface area contributed by atoms with Crippen LogP contribution in [0.15, 0.2) is 24.3 Å². The third kappa shape index (κ3) is 0.895. The van der Waals surface area contributed by atoms with E-state index >= 15 is 0 Å². The highest BCUT2D eigenvalue weighted by Gasteiger charge is 2.44. The highest BCUT2D eigenvalue weighted by Crippen LogP contribution is 2.52. The Kier molecular flexibility index (Phi) is 1.05. The number of hydrogen-bond acceptors (Lipinski definition) is 2. The number of hydrogen-bond donors (Lipinski definition) is 2. The quantitative estimate of drug-likeness (QED) is 0.438. The topological polar surface area (TPSA) is 40.5 Å². The van der Waals surface area contributed by atoms with Crippen molar-refractivity contribution in [2.75, 3.05) is 0 Å². The molecule has 0 atom stereocenters. The highest BCUT2D eigenvalue weighted by atomic mass is 16.5. The third-order valence-electron chi connectivity index (χ3n) is 2.14. The van der Waals surface area contributed by atoms with Gasteiger partial charge in [-0.05, 0) is 0 Å². The first-order valence-electron chi connectivity index (χ1n) is 3.48. The van der Waals surface area contributed by atoms with Gasteiger partial charge in [0.05, 0.1) is 0 Å². The second-order valence-electron chi connectivity index (χ2n) is 3.04. The highest BCUT2D eigenvalue weighted by molar-refractivity contribution is 5.39. The lowest BCUT2D eigenvalue weighted by molar-refractivity contribution is -0.0576. The van der Waals surface area contributed by atoms with Gasteiger partial charge in [0, 0.05) is 17.8 Å². The van der Waals surface area contributed by atoms with Crippen LogP contribution in [-0.4, -0.2) is 16.5 Å². The van der Waals surface area contributed by atoms with E-state index in [9.17, 15) is 0 Å². The van der Waals surface area contributed by atoms with Gasteiger partial charge in [-0.15, -0.1) is 0 Å². The molecular formula is C8H10O2. The van der Waals surface area contributed by atoms with Crippen molar-refractivity contribution in [1.82, 2.24) is 0 Å². The molecule has 2 aliphatic carbocycles. The monoisotopic (exact) mass is 138 g/mol. The van der Waals surface area contributed by atoms with Crippen molar-refractivity contribution in [3.8, 4) is 0 Å². The molecule has 0 saturated heterocycles. The predicted octanol–water partition coefficient (Wildman–Crippen LogP) is 0.429. The van der Waals surface area contributed by atoms with Crippen LogP contribution >= 0.6 is 0 Å². The summed E-state index contributed by atoms with van der Waals surface area (Å²) in [5.41, 5.74) is 0.0220. The Morgan fingerprint density at radius 1 is 1.30 bits per heavy atom. The zero-order valence-electron chi connectivity index (χ0n) is 5.57. The van der Waals surface area contributed by atoms with Gasteiger partial charge in [0.25, 0.3) is 0 Å². The molecule has 0 aliphatic heterocycles. The maximum Gasteiger partial charge on any atom is 0.152 e. The fraction of sp³-hybridized carbons (Fsp3) is 0.500. The summed E-state index contributed by atoms with van der Waals surface area (Å²) in [5, 5.41) is 17.4. The molecule has 10 heavy (non-hydrogen) atoms. The van der Waals surface area contributed by atoms with E-state index in [-0.39, 0.29) is 5.41 Å². The van der Waals surface area contributed by atoms with Crippen molar-refractivity contribution in [2.24, 2.45) is 11.3 Å². The van der Waals surface area contributed by atoms with Gasteiger partial charge in [-0.3, -0.25) is 0 Å². The van der Waals surface area contributed by atoms with Crippen molar-refractivity contribution in [1.29, 1.82) is 0 Å². The molecule has 2 N–H and O–H groups in total. The molecule has 2 nitrogen and oxygen atoms in total. The van der Waals surface area contributed by atoms with Crippen molar-refractivity contribution in [3.63, 3.8) is 0 Å². The fourth-order valence-electron chi connectivity index (χ4n) is 1.33. The average molecular weight is 138 g/mol. The molecule has 0 radical (unpaired) electrons. The summed E-state index contributed by atoms with van der Waals surface area (Å²) in [6, 6.07) is 0. The van der Waals surface area contributed by atoms with Crippen molar-refractivity contribution in [3.05, 3.63) is 24.3 Å². The first kappa shape index (κ1) is 6.13. The summed E-state index contributed by atoms with van der Waals surface area (Å²) in [6.07, 6.45) is 7.53. The first-order valence-corrected chi connectivity index (χ1v) is 3.48. The van der Waals surface area contributed by atoms with Crippen LogP contribution in [0.25, 0.3) is 0 Å². The van der Waals surface area contributed by atoms with Crippen LogP contribution in [-0.2, 0) is 0 Å². The van der Waals surface area contributed by atoms with E-state index in [1.54, 1.807) is 0 Å². The first-order chi connectivity index (χ1) is 4.73. The molecule has 2 rings (SSSR count). The van der Waals surface area contributed by atoms with Gasteiger partial charge in [0.2, 0.25) is 0 Å². The standard InChI is InChI=1S/C8H10O2/c9-7(10)5-8(3-4-8)6-1-2-6/h1-4,6-7,9-10H,5H2. The van der Waals surface area contributed by atoms with E-state index in [2.05, 4.69) is 12.2 Å². The number of allylic oxidation sites excluding steroid dienone is 4. The lowest BCUT2D eigenvalue weighted by Crippen LogP contribution is -2.16. The van der Waals surface area contributed by atoms with Crippen molar-refractivity contribution < 1.29 is 10.2 Å². The van der Waals surface area contributed by atoms with Crippen LogP contribution in [0.2, 0.25) is 0 Å².